The van der Waals surface area contributed by atoms with E-state index in [1.807, 2.05) is 13.8 Å². The molecule has 0 aliphatic carbocycles. The molecule has 0 fully saturated rings. The van der Waals surface area contributed by atoms with Crippen LogP contribution in [0.25, 0.3) is 0 Å². The van der Waals surface area contributed by atoms with Crippen molar-refractivity contribution in [3.05, 3.63) is 53.6 Å². The van der Waals surface area contributed by atoms with Gasteiger partial charge >= 0.3 is 5.97 Å². The molecule has 7 heteroatoms. The summed E-state index contributed by atoms with van der Waals surface area (Å²) in [6.45, 7) is 4.55. The van der Waals surface area contributed by atoms with E-state index < -0.39 is 5.97 Å². The Labute approximate surface area is 169 Å². The lowest BCUT2D eigenvalue weighted by Crippen LogP contribution is -2.30. The van der Waals surface area contributed by atoms with Crippen LogP contribution in [0.2, 0.25) is 0 Å². The van der Waals surface area contributed by atoms with Crippen molar-refractivity contribution in [1.29, 1.82) is 0 Å². The van der Waals surface area contributed by atoms with Crippen molar-refractivity contribution in [2.45, 2.75) is 18.7 Å². The van der Waals surface area contributed by atoms with Crippen LogP contribution < -0.4 is 14.8 Å². The summed E-state index contributed by atoms with van der Waals surface area (Å²) in [6, 6.07) is 13.0. The van der Waals surface area contributed by atoms with E-state index in [2.05, 4.69) is 29.6 Å². The van der Waals surface area contributed by atoms with Gasteiger partial charge in [-0.2, -0.15) is 0 Å². The molecule has 0 aliphatic heterocycles. The number of hydrogen-bond donors (Lipinski definition) is 1. The average molecular weight is 404 g/mol. The van der Waals surface area contributed by atoms with Gasteiger partial charge in [-0.05, 0) is 44.2 Å². The first-order valence-electron chi connectivity index (χ1n) is 8.97. The maximum atomic E-state index is 12.1. The third-order valence-electron chi connectivity index (χ3n) is 3.75. The Hall–Kier alpha value is -2.67. The zero-order valence-electron chi connectivity index (χ0n) is 16.3. The normalized spacial score (nSPS) is 10.2. The number of carbonyl (C=O) groups excluding carboxylic acids is 2. The molecule has 0 atom stereocenters. The van der Waals surface area contributed by atoms with Gasteiger partial charge in [-0.1, -0.05) is 17.7 Å². The van der Waals surface area contributed by atoms with Gasteiger partial charge in [-0.25, -0.2) is 4.79 Å². The predicted molar refractivity (Wildman–Crippen MR) is 109 cm³/mol. The molecule has 0 radical (unpaired) electrons. The molecule has 0 heterocycles. The van der Waals surface area contributed by atoms with E-state index in [4.69, 9.17) is 14.2 Å². The standard InChI is InChI=1S/C21H25NO5S/c1-4-26-18-10-7-16(13-19(18)25-3)21(24)27-14-20(23)22-11-12-28-17-8-5-15(2)6-9-17/h5-10,13H,4,11-12,14H2,1-3H3,(H,22,23). The smallest absolute Gasteiger partial charge is 0.338 e. The fourth-order valence-electron chi connectivity index (χ4n) is 2.33. The number of methoxy groups -OCH3 is 1. The number of rotatable bonds is 10. The molecule has 0 aromatic heterocycles. The Bertz CT molecular complexity index is 792. The minimum Gasteiger partial charge on any atom is -0.493 e. The van der Waals surface area contributed by atoms with Gasteiger partial charge in [0.25, 0.3) is 5.91 Å². The Kier molecular flexibility index (Phi) is 8.68. The van der Waals surface area contributed by atoms with E-state index in [1.54, 1.807) is 23.9 Å². The Morgan fingerprint density at radius 2 is 1.82 bits per heavy atom. The molecule has 28 heavy (non-hydrogen) atoms. The molecule has 0 spiro atoms. The highest BCUT2D eigenvalue weighted by Gasteiger charge is 2.13. The molecule has 0 saturated carbocycles. The maximum Gasteiger partial charge on any atom is 0.338 e. The van der Waals surface area contributed by atoms with Crippen molar-refractivity contribution < 1.29 is 23.8 Å². The highest BCUT2D eigenvalue weighted by molar-refractivity contribution is 7.99. The van der Waals surface area contributed by atoms with Gasteiger partial charge < -0.3 is 19.5 Å². The van der Waals surface area contributed by atoms with Crippen LogP contribution in [0.3, 0.4) is 0 Å². The van der Waals surface area contributed by atoms with Crippen molar-refractivity contribution in [2.75, 3.05) is 32.6 Å². The first kappa shape index (κ1) is 21.6. The molecule has 2 aromatic rings. The molecule has 2 rings (SSSR count). The molecule has 0 bridgehead atoms. The number of ether oxygens (including phenoxy) is 3. The van der Waals surface area contributed by atoms with Crippen LogP contribution >= 0.6 is 11.8 Å². The van der Waals surface area contributed by atoms with Crippen molar-refractivity contribution in [3.63, 3.8) is 0 Å². The number of carbonyl (C=O) groups is 2. The van der Waals surface area contributed by atoms with Crippen molar-refractivity contribution in [2.24, 2.45) is 0 Å². The number of benzene rings is 2. The van der Waals surface area contributed by atoms with Gasteiger partial charge in [0.05, 0.1) is 19.3 Å². The van der Waals surface area contributed by atoms with Gasteiger partial charge in [0, 0.05) is 17.2 Å². The molecule has 0 saturated heterocycles. The van der Waals surface area contributed by atoms with Crippen LogP contribution in [0.5, 0.6) is 11.5 Å². The molecule has 6 nitrogen and oxygen atoms in total. The Morgan fingerprint density at radius 3 is 2.50 bits per heavy atom. The van der Waals surface area contributed by atoms with E-state index in [9.17, 15) is 9.59 Å². The van der Waals surface area contributed by atoms with Gasteiger partial charge in [0.1, 0.15) is 0 Å². The molecule has 1 amide bonds. The molecule has 0 aliphatic rings. The summed E-state index contributed by atoms with van der Waals surface area (Å²) < 4.78 is 15.7. The summed E-state index contributed by atoms with van der Waals surface area (Å²) in [5, 5.41) is 2.74. The first-order valence-corrected chi connectivity index (χ1v) is 9.96. The number of esters is 1. The van der Waals surface area contributed by atoms with E-state index in [-0.39, 0.29) is 12.5 Å². The van der Waals surface area contributed by atoms with Crippen molar-refractivity contribution >= 4 is 23.6 Å². The monoisotopic (exact) mass is 403 g/mol. The number of aryl methyl sites for hydroxylation is 1. The lowest BCUT2D eigenvalue weighted by molar-refractivity contribution is -0.124. The second kappa shape index (κ2) is 11.2. The zero-order chi connectivity index (χ0) is 20.4. The highest BCUT2D eigenvalue weighted by Crippen LogP contribution is 2.28. The summed E-state index contributed by atoms with van der Waals surface area (Å²) in [4.78, 5) is 25.1. The average Bonchev–Trinajstić information content (AvgIpc) is 2.71. The minimum atomic E-state index is -0.592. The van der Waals surface area contributed by atoms with Gasteiger partial charge in [0.2, 0.25) is 0 Å². The van der Waals surface area contributed by atoms with E-state index >= 15 is 0 Å². The second-order valence-corrected chi connectivity index (χ2v) is 7.05. The van der Waals surface area contributed by atoms with Crippen molar-refractivity contribution in [1.82, 2.24) is 5.32 Å². The largest absolute Gasteiger partial charge is 0.493 e. The lowest BCUT2D eigenvalue weighted by atomic mass is 10.2. The predicted octanol–water partition coefficient (Wildman–Crippen LogP) is 3.47. The van der Waals surface area contributed by atoms with Crippen LogP contribution in [0.1, 0.15) is 22.8 Å². The quantitative estimate of drug-likeness (QED) is 0.372. The Balaban J connectivity index is 1.73. The summed E-state index contributed by atoms with van der Waals surface area (Å²) in [6.07, 6.45) is 0. The van der Waals surface area contributed by atoms with Gasteiger partial charge in [0.15, 0.2) is 18.1 Å². The number of amides is 1. The topological polar surface area (TPSA) is 73.9 Å². The molecular formula is C21H25NO5S. The third kappa shape index (κ3) is 6.81. The van der Waals surface area contributed by atoms with Gasteiger partial charge in [-0.15, -0.1) is 11.8 Å². The first-order chi connectivity index (χ1) is 13.5. The molecule has 0 unspecified atom stereocenters. The molecular weight excluding hydrogens is 378 g/mol. The molecule has 150 valence electrons. The highest BCUT2D eigenvalue weighted by atomic mass is 32.2. The summed E-state index contributed by atoms with van der Waals surface area (Å²) in [5.41, 5.74) is 1.51. The zero-order valence-corrected chi connectivity index (χ0v) is 17.1. The van der Waals surface area contributed by atoms with E-state index in [1.165, 1.54) is 18.7 Å². The molecule has 1 N–H and O–H groups in total. The number of nitrogens with one attached hydrogen (secondary N) is 1. The van der Waals surface area contributed by atoms with Crippen LogP contribution in [-0.4, -0.2) is 44.5 Å². The van der Waals surface area contributed by atoms with Crippen LogP contribution in [0, 0.1) is 6.92 Å². The summed E-state index contributed by atoms with van der Waals surface area (Å²) >= 11 is 1.65. The maximum absolute atomic E-state index is 12.1. The fourth-order valence-corrected chi connectivity index (χ4v) is 3.10. The Morgan fingerprint density at radius 1 is 1.07 bits per heavy atom. The van der Waals surface area contributed by atoms with Crippen LogP contribution in [0.4, 0.5) is 0 Å². The second-order valence-electron chi connectivity index (χ2n) is 5.89. The van der Waals surface area contributed by atoms with Crippen molar-refractivity contribution in [3.8, 4) is 11.5 Å². The van der Waals surface area contributed by atoms with E-state index in [0.717, 1.165) is 10.6 Å². The SMILES string of the molecule is CCOc1ccc(C(=O)OCC(=O)NCCSc2ccc(C)cc2)cc1OC. The third-order valence-corrected chi connectivity index (χ3v) is 4.76. The summed E-state index contributed by atoms with van der Waals surface area (Å²) in [7, 11) is 1.50. The number of hydrogen-bond acceptors (Lipinski definition) is 6. The summed E-state index contributed by atoms with van der Waals surface area (Å²) in [5.74, 6) is 0.791. The lowest BCUT2D eigenvalue weighted by Gasteiger charge is -2.11. The minimum absolute atomic E-state index is 0.294. The molecule has 2 aromatic carbocycles. The van der Waals surface area contributed by atoms with Crippen LogP contribution in [-0.2, 0) is 9.53 Å². The van der Waals surface area contributed by atoms with Crippen LogP contribution in [0.15, 0.2) is 47.4 Å². The number of thioether (sulfide) groups is 1. The van der Waals surface area contributed by atoms with E-state index in [0.29, 0.717) is 30.2 Å². The van der Waals surface area contributed by atoms with Gasteiger partial charge in [-0.3, -0.25) is 4.79 Å². The fraction of sp³-hybridized carbons (Fsp3) is 0.333.